The first-order chi connectivity index (χ1) is 7.18. The third kappa shape index (κ3) is 4.90. The Morgan fingerprint density at radius 1 is 1.33 bits per heavy atom. The van der Waals surface area contributed by atoms with Crippen LogP contribution in [0.25, 0.3) is 0 Å². The molecule has 0 atom stereocenters. The highest BCUT2D eigenvalue weighted by molar-refractivity contribution is 5.64. The van der Waals surface area contributed by atoms with Crippen molar-refractivity contribution in [2.75, 3.05) is 12.3 Å². The van der Waals surface area contributed by atoms with Gasteiger partial charge in [0.15, 0.2) is 0 Å². The number of aryl methyl sites for hydroxylation is 1. The van der Waals surface area contributed by atoms with Gasteiger partial charge < -0.3 is 16.2 Å². The van der Waals surface area contributed by atoms with Crippen molar-refractivity contribution in [3.05, 3.63) is 29.8 Å². The van der Waals surface area contributed by atoms with E-state index in [1.807, 2.05) is 24.3 Å². The molecule has 1 aromatic rings. The van der Waals surface area contributed by atoms with Crippen molar-refractivity contribution in [1.82, 2.24) is 0 Å². The van der Waals surface area contributed by atoms with Crippen LogP contribution < -0.4 is 11.5 Å². The van der Waals surface area contributed by atoms with E-state index in [1.165, 1.54) is 5.56 Å². The minimum absolute atomic E-state index is 0.387. The molecule has 4 nitrogen and oxygen atoms in total. The van der Waals surface area contributed by atoms with Crippen LogP contribution in [-0.2, 0) is 11.2 Å². The Morgan fingerprint density at radius 2 is 2.13 bits per heavy atom. The van der Waals surface area contributed by atoms with Gasteiger partial charge in [0.1, 0.15) is 0 Å². The number of benzene rings is 1. The van der Waals surface area contributed by atoms with E-state index < -0.39 is 6.09 Å². The molecule has 4 N–H and O–H groups in total. The fourth-order valence-corrected chi connectivity index (χ4v) is 1.35. The van der Waals surface area contributed by atoms with Crippen LogP contribution >= 0.6 is 0 Å². The molecule has 1 rings (SSSR count). The molecule has 82 valence electrons. The van der Waals surface area contributed by atoms with Gasteiger partial charge in [0.05, 0.1) is 6.61 Å². The first kappa shape index (κ1) is 11.4. The van der Waals surface area contributed by atoms with E-state index in [2.05, 4.69) is 4.74 Å². The van der Waals surface area contributed by atoms with Gasteiger partial charge in [-0.15, -0.1) is 0 Å². The molecule has 1 aromatic carbocycles. The Hall–Kier alpha value is -1.71. The van der Waals surface area contributed by atoms with Gasteiger partial charge in [-0.3, -0.25) is 0 Å². The summed E-state index contributed by atoms with van der Waals surface area (Å²) in [7, 11) is 0. The van der Waals surface area contributed by atoms with Crippen molar-refractivity contribution in [1.29, 1.82) is 0 Å². The van der Waals surface area contributed by atoms with E-state index in [4.69, 9.17) is 11.5 Å². The lowest BCUT2D eigenvalue weighted by Gasteiger charge is -2.03. The van der Waals surface area contributed by atoms with Gasteiger partial charge in [0.2, 0.25) is 0 Å². The zero-order valence-corrected chi connectivity index (χ0v) is 8.61. The first-order valence-corrected chi connectivity index (χ1v) is 4.95. The van der Waals surface area contributed by atoms with E-state index in [0.717, 1.165) is 24.9 Å². The summed E-state index contributed by atoms with van der Waals surface area (Å²) >= 11 is 0. The van der Waals surface area contributed by atoms with Crippen molar-refractivity contribution < 1.29 is 9.53 Å². The van der Waals surface area contributed by atoms with Gasteiger partial charge in [-0.05, 0) is 37.0 Å². The molecule has 1 amide bonds. The van der Waals surface area contributed by atoms with E-state index in [9.17, 15) is 4.79 Å². The first-order valence-electron chi connectivity index (χ1n) is 4.95. The number of carbonyl (C=O) groups is 1. The van der Waals surface area contributed by atoms with E-state index in [0.29, 0.717) is 6.61 Å². The normalized spacial score (nSPS) is 9.87. The molecule has 0 aliphatic carbocycles. The molecule has 0 radical (unpaired) electrons. The van der Waals surface area contributed by atoms with Crippen molar-refractivity contribution in [3.8, 4) is 0 Å². The van der Waals surface area contributed by atoms with Gasteiger partial charge in [0.25, 0.3) is 0 Å². The second-order valence-corrected chi connectivity index (χ2v) is 3.37. The Labute approximate surface area is 89.2 Å². The van der Waals surface area contributed by atoms with E-state index >= 15 is 0 Å². The Balaban J connectivity index is 2.17. The fourth-order valence-electron chi connectivity index (χ4n) is 1.35. The van der Waals surface area contributed by atoms with Crippen LogP contribution in [0.5, 0.6) is 0 Å². The number of hydrogen-bond donors (Lipinski definition) is 2. The van der Waals surface area contributed by atoms with Crippen LogP contribution in [0.3, 0.4) is 0 Å². The van der Waals surface area contributed by atoms with Crippen LogP contribution in [-0.4, -0.2) is 12.7 Å². The molecule has 0 bridgehead atoms. The summed E-state index contributed by atoms with van der Waals surface area (Å²) in [5, 5.41) is 0. The Morgan fingerprint density at radius 3 is 2.80 bits per heavy atom. The summed E-state index contributed by atoms with van der Waals surface area (Å²) in [5.74, 6) is 0. The highest BCUT2D eigenvalue weighted by Crippen LogP contribution is 2.09. The molecule has 0 aliphatic heterocycles. The van der Waals surface area contributed by atoms with Gasteiger partial charge in [0, 0.05) is 5.69 Å². The molecule has 0 heterocycles. The Kier molecular flexibility index (Phi) is 4.47. The van der Waals surface area contributed by atoms with Crippen molar-refractivity contribution in [2.24, 2.45) is 5.73 Å². The maximum atomic E-state index is 10.3. The average molecular weight is 208 g/mol. The van der Waals surface area contributed by atoms with Crippen LogP contribution in [0.4, 0.5) is 10.5 Å². The lowest BCUT2D eigenvalue weighted by Crippen LogP contribution is -2.13. The lowest BCUT2D eigenvalue weighted by molar-refractivity contribution is 0.154. The highest BCUT2D eigenvalue weighted by atomic mass is 16.5. The number of ether oxygens (including phenoxy) is 1. The van der Waals surface area contributed by atoms with E-state index in [1.54, 1.807) is 0 Å². The molecule has 0 fully saturated rings. The maximum absolute atomic E-state index is 10.3. The number of carbonyl (C=O) groups excluding carboxylic acids is 1. The van der Waals surface area contributed by atoms with Gasteiger partial charge in [-0.25, -0.2) is 4.79 Å². The average Bonchev–Trinajstić information content (AvgIpc) is 2.17. The van der Waals surface area contributed by atoms with Gasteiger partial charge in [-0.1, -0.05) is 12.1 Å². The number of nitrogens with two attached hydrogens (primary N) is 2. The van der Waals surface area contributed by atoms with Gasteiger partial charge in [-0.2, -0.15) is 0 Å². The molecule has 0 aliphatic rings. The number of hydrogen-bond acceptors (Lipinski definition) is 3. The zero-order valence-electron chi connectivity index (χ0n) is 8.61. The summed E-state index contributed by atoms with van der Waals surface area (Å²) in [5.41, 5.74) is 12.5. The predicted molar refractivity (Wildman–Crippen MR) is 59.3 cm³/mol. The molecular weight excluding hydrogens is 192 g/mol. The summed E-state index contributed by atoms with van der Waals surface area (Å²) in [6.45, 7) is 0.387. The minimum atomic E-state index is -0.709. The lowest BCUT2D eigenvalue weighted by atomic mass is 10.1. The zero-order chi connectivity index (χ0) is 11.1. The second-order valence-electron chi connectivity index (χ2n) is 3.37. The summed E-state index contributed by atoms with van der Waals surface area (Å²) < 4.78 is 4.62. The number of rotatable bonds is 5. The maximum Gasteiger partial charge on any atom is 0.404 e. The SMILES string of the molecule is NC(=O)OCCCCc1cccc(N)c1. The quantitative estimate of drug-likeness (QED) is 0.571. The monoisotopic (exact) mass is 208 g/mol. The smallest absolute Gasteiger partial charge is 0.404 e. The minimum Gasteiger partial charge on any atom is -0.450 e. The predicted octanol–water partition coefficient (Wildman–Crippen LogP) is 1.69. The van der Waals surface area contributed by atoms with Crippen molar-refractivity contribution >= 4 is 11.8 Å². The molecule has 0 saturated heterocycles. The highest BCUT2D eigenvalue weighted by Gasteiger charge is 1.96. The Bertz CT molecular complexity index is 326. The number of nitrogen functional groups attached to an aromatic ring is 1. The van der Waals surface area contributed by atoms with Crippen LogP contribution in [0, 0.1) is 0 Å². The topological polar surface area (TPSA) is 78.3 Å². The summed E-state index contributed by atoms with van der Waals surface area (Å²) in [4.78, 5) is 10.3. The molecule has 15 heavy (non-hydrogen) atoms. The van der Waals surface area contributed by atoms with Crippen molar-refractivity contribution in [2.45, 2.75) is 19.3 Å². The molecule has 0 aromatic heterocycles. The largest absolute Gasteiger partial charge is 0.450 e. The third-order valence-electron chi connectivity index (χ3n) is 2.06. The standard InChI is InChI=1S/C11H16N2O2/c12-10-6-3-5-9(8-10)4-1-2-7-15-11(13)14/h3,5-6,8H,1-2,4,7,12H2,(H2,13,14). The molecule has 0 unspecified atom stereocenters. The number of amides is 1. The molecule has 4 heteroatoms. The van der Waals surface area contributed by atoms with Crippen LogP contribution in [0.1, 0.15) is 18.4 Å². The number of anilines is 1. The van der Waals surface area contributed by atoms with Crippen LogP contribution in [0.15, 0.2) is 24.3 Å². The van der Waals surface area contributed by atoms with Gasteiger partial charge >= 0.3 is 6.09 Å². The van der Waals surface area contributed by atoms with Crippen LogP contribution in [0.2, 0.25) is 0 Å². The second kappa shape index (κ2) is 5.90. The number of primary amides is 1. The summed E-state index contributed by atoms with van der Waals surface area (Å²) in [6, 6.07) is 7.78. The molecular formula is C11H16N2O2. The fraction of sp³-hybridized carbons (Fsp3) is 0.364. The van der Waals surface area contributed by atoms with E-state index in [-0.39, 0.29) is 0 Å². The summed E-state index contributed by atoms with van der Waals surface area (Å²) in [6.07, 6.45) is 2.00. The molecule has 0 spiro atoms. The van der Waals surface area contributed by atoms with Crippen molar-refractivity contribution in [3.63, 3.8) is 0 Å². The third-order valence-corrected chi connectivity index (χ3v) is 2.06. The number of unbranched alkanes of at least 4 members (excludes halogenated alkanes) is 1. The molecule has 0 saturated carbocycles.